The maximum atomic E-state index is 13.6. The van der Waals surface area contributed by atoms with Gasteiger partial charge in [0.15, 0.2) is 5.78 Å². The third-order valence-corrected chi connectivity index (χ3v) is 8.08. The Hall–Kier alpha value is -1.40. The van der Waals surface area contributed by atoms with Gasteiger partial charge in [-0.1, -0.05) is 26.3 Å². The van der Waals surface area contributed by atoms with E-state index < -0.39 is 22.5 Å². The summed E-state index contributed by atoms with van der Waals surface area (Å²) in [6, 6.07) is 0. The number of ether oxygens (including phenoxy) is 1. The second-order valence-electron chi connectivity index (χ2n) is 9.88. The van der Waals surface area contributed by atoms with E-state index in [9.17, 15) is 14.7 Å². The van der Waals surface area contributed by atoms with Crippen LogP contribution in [-0.2, 0) is 19.0 Å². The van der Waals surface area contributed by atoms with Gasteiger partial charge in [0.05, 0.1) is 11.9 Å². The van der Waals surface area contributed by atoms with Gasteiger partial charge in [0.2, 0.25) is 0 Å². The number of hydrogen-bond donors (Lipinski definition) is 1. The molecule has 6 heteroatoms. The molecule has 1 heterocycles. The molecule has 0 amide bonds. The maximum absolute atomic E-state index is 13.6. The molecule has 0 aromatic rings. The van der Waals surface area contributed by atoms with E-state index in [1.54, 1.807) is 6.26 Å². The monoisotopic (exact) mass is 385 g/mol. The predicted octanol–water partition coefficient (Wildman–Crippen LogP) is 3.08. The number of hydrogen-bond acceptors (Lipinski definition) is 5. The van der Waals surface area contributed by atoms with Gasteiger partial charge in [-0.05, 0) is 51.5 Å². The van der Waals surface area contributed by atoms with Crippen molar-refractivity contribution in [3.05, 3.63) is 23.0 Å². The standard InChI is InChI=1S/C22H30BO5/c1-12-6-9-22(28-23-13(2)24)10-15-14-11-27-16(14)7-8-21(15,5)19(26)18(25)17(12)20(22,3)4/h11,15-16,18,25H,6-10H2,1-5H3/t15?,16?,18-,21-,22-/m1/s1. The van der Waals surface area contributed by atoms with Gasteiger partial charge >= 0.3 is 7.48 Å². The summed E-state index contributed by atoms with van der Waals surface area (Å²) in [5, 5.41) is 11.3. The Morgan fingerprint density at radius 3 is 2.64 bits per heavy atom. The van der Waals surface area contributed by atoms with Crippen LogP contribution in [0.5, 0.6) is 0 Å². The Morgan fingerprint density at radius 2 is 2.04 bits per heavy atom. The van der Waals surface area contributed by atoms with Crippen molar-refractivity contribution < 1.29 is 24.1 Å². The Kier molecular flexibility index (Phi) is 4.48. The fourth-order valence-corrected chi connectivity index (χ4v) is 6.17. The summed E-state index contributed by atoms with van der Waals surface area (Å²) in [4.78, 5) is 25.3. The van der Waals surface area contributed by atoms with Crippen molar-refractivity contribution in [3.8, 4) is 0 Å². The number of aliphatic hydroxyl groups excluding tert-OH is 1. The zero-order chi connectivity index (χ0) is 20.5. The number of aliphatic hydroxyl groups is 1. The summed E-state index contributed by atoms with van der Waals surface area (Å²) in [6.07, 6.45) is 4.35. The zero-order valence-corrected chi connectivity index (χ0v) is 17.5. The van der Waals surface area contributed by atoms with Crippen molar-refractivity contribution in [3.63, 3.8) is 0 Å². The minimum atomic E-state index is -1.14. The van der Waals surface area contributed by atoms with Gasteiger partial charge < -0.3 is 19.3 Å². The fourth-order valence-electron chi connectivity index (χ4n) is 6.17. The highest BCUT2D eigenvalue weighted by Gasteiger charge is 2.62. The lowest BCUT2D eigenvalue weighted by molar-refractivity contribution is -0.153. The third-order valence-electron chi connectivity index (χ3n) is 8.08. The molecule has 5 nitrogen and oxygen atoms in total. The molecule has 151 valence electrons. The van der Waals surface area contributed by atoms with E-state index in [1.807, 2.05) is 27.7 Å². The van der Waals surface area contributed by atoms with Gasteiger partial charge in [-0.25, -0.2) is 0 Å². The summed E-state index contributed by atoms with van der Waals surface area (Å²) in [7, 11) is 1.32. The number of fused-ring (bicyclic) bond motifs is 5. The fraction of sp³-hybridized carbons (Fsp3) is 0.727. The number of allylic oxidation sites excluding steroid dienone is 1. The van der Waals surface area contributed by atoms with Crippen LogP contribution in [0.25, 0.3) is 0 Å². The number of ketones is 1. The summed E-state index contributed by atoms with van der Waals surface area (Å²) in [6.45, 7) is 9.57. The van der Waals surface area contributed by atoms with Gasteiger partial charge in [0.1, 0.15) is 17.9 Å². The first-order chi connectivity index (χ1) is 13.0. The number of Topliss-reactive ketones (excluding diaryl/α,β-unsaturated/α-hetero) is 1. The lowest BCUT2D eigenvalue weighted by atomic mass is 9.49. The zero-order valence-electron chi connectivity index (χ0n) is 17.5. The maximum Gasteiger partial charge on any atom is 0.376 e. The Bertz CT molecular complexity index is 797. The van der Waals surface area contributed by atoms with Crippen LogP contribution < -0.4 is 0 Å². The predicted molar refractivity (Wildman–Crippen MR) is 105 cm³/mol. The molecule has 0 spiro atoms. The van der Waals surface area contributed by atoms with Crippen LogP contribution >= 0.6 is 0 Å². The summed E-state index contributed by atoms with van der Waals surface area (Å²) in [5.41, 5.74) is 0.985. The van der Waals surface area contributed by atoms with Crippen molar-refractivity contribution in [2.75, 3.05) is 0 Å². The molecule has 3 aliphatic carbocycles. The summed E-state index contributed by atoms with van der Waals surface area (Å²) >= 11 is 0. The molecule has 0 aromatic heterocycles. The van der Waals surface area contributed by atoms with E-state index in [-0.39, 0.29) is 23.5 Å². The van der Waals surface area contributed by atoms with E-state index in [0.717, 1.165) is 36.0 Å². The van der Waals surface area contributed by atoms with Crippen molar-refractivity contribution in [2.45, 2.75) is 84.5 Å². The highest BCUT2D eigenvalue weighted by atomic mass is 16.5. The molecule has 2 unspecified atom stereocenters. The van der Waals surface area contributed by atoms with E-state index in [2.05, 4.69) is 0 Å². The molecule has 0 aromatic carbocycles. The first kappa shape index (κ1) is 19.9. The van der Waals surface area contributed by atoms with Gasteiger partial charge in [-0.15, -0.1) is 0 Å². The largest absolute Gasteiger partial charge is 0.493 e. The molecule has 4 rings (SSSR count). The molecule has 1 radical (unpaired) electrons. The topological polar surface area (TPSA) is 72.8 Å². The van der Waals surface area contributed by atoms with Gasteiger partial charge in [-0.2, -0.15) is 0 Å². The first-order valence-electron chi connectivity index (χ1n) is 10.3. The minimum Gasteiger partial charge on any atom is -0.493 e. The Balaban J connectivity index is 1.89. The molecule has 4 aliphatic rings. The van der Waals surface area contributed by atoms with Crippen molar-refractivity contribution >= 4 is 18.9 Å². The Labute approximate surface area is 167 Å². The van der Waals surface area contributed by atoms with E-state index in [4.69, 9.17) is 9.39 Å². The molecule has 2 saturated carbocycles. The van der Waals surface area contributed by atoms with Crippen molar-refractivity contribution in [1.29, 1.82) is 0 Å². The lowest BCUT2D eigenvalue weighted by Gasteiger charge is -2.60. The molecule has 5 atom stereocenters. The third kappa shape index (κ3) is 2.53. The van der Waals surface area contributed by atoms with Crippen LogP contribution in [0.1, 0.15) is 66.7 Å². The highest BCUT2D eigenvalue weighted by molar-refractivity contribution is 6.68. The smallest absolute Gasteiger partial charge is 0.376 e. The molecule has 28 heavy (non-hydrogen) atoms. The van der Waals surface area contributed by atoms with Crippen molar-refractivity contribution in [2.24, 2.45) is 16.7 Å². The summed E-state index contributed by atoms with van der Waals surface area (Å²) < 4.78 is 11.9. The van der Waals surface area contributed by atoms with Crippen LogP contribution in [-0.4, -0.2) is 41.9 Å². The van der Waals surface area contributed by atoms with Gasteiger partial charge in [0.25, 0.3) is 0 Å². The normalized spacial score (nSPS) is 41.4. The van der Waals surface area contributed by atoms with E-state index >= 15 is 0 Å². The van der Waals surface area contributed by atoms with Crippen LogP contribution in [0.15, 0.2) is 23.0 Å². The number of carbonyl (C=O) groups is 2. The van der Waals surface area contributed by atoms with Crippen LogP contribution in [0.2, 0.25) is 0 Å². The SMILES string of the molecule is CC(=O)[B]O[C@]12CCC(C)=C([C@@H](O)C(=O)[C@]3(C)CCC4OC=C4C3C1)C2(C)C. The second-order valence-corrected chi connectivity index (χ2v) is 9.88. The van der Waals surface area contributed by atoms with E-state index in [0.29, 0.717) is 12.8 Å². The van der Waals surface area contributed by atoms with Crippen LogP contribution in [0.4, 0.5) is 0 Å². The molecule has 1 N–H and O–H groups in total. The van der Waals surface area contributed by atoms with Crippen LogP contribution in [0, 0.1) is 16.7 Å². The average Bonchev–Trinajstić information content (AvgIpc) is 2.58. The quantitative estimate of drug-likeness (QED) is 0.597. The van der Waals surface area contributed by atoms with Crippen molar-refractivity contribution in [1.82, 2.24) is 0 Å². The molecule has 0 saturated heterocycles. The number of carbonyl (C=O) groups excluding carboxylic acids is 2. The molecular weight excluding hydrogens is 355 g/mol. The molecular formula is C22H30BO5. The highest BCUT2D eigenvalue weighted by Crippen LogP contribution is 2.61. The minimum absolute atomic E-state index is 0.0539. The number of rotatable bonds is 3. The van der Waals surface area contributed by atoms with E-state index in [1.165, 1.54) is 14.4 Å². The lowest BCUT2D eigenvalue weighted by Crippen LogP contribution is -2.62. The summed E-state index contributed by atoms with van der Waals surface area (Å²) in [5.74, 6) is -0.140. The molecule has 2 bridgehead atoms. The molecule has 2 fully saturated rings. The second kappa shape index (κ2) is 6.30. The van der Waals surface area contributed by atoms with Gasteiger partial charge in [0, 0.05) is 22.3 Å². The average molecular weight is 385 g/mol. The van der Waals surface area contributed by atoms with Crippen LogP contribution in [0.3, 0.4) is 0 Å². The molecule has 1 aliphatic heterocycles. The van der Waals surface area contributed by atoms with Gasteiger partial charge in [-0.3, -0.25) is 4.79 Å². The Morgan fingerprint density at radius 1 is 1.32 bits per heavy atom. The first-order valence-corrected chi connectivity index (χ1v) is 10.3.